The summed E-state index contributed by atoms with van der Waals surface area (Å²) in [5.74, 6) is 2.48. The van der Waals surface area contributed by atoms with Crippen LogP contribution in [0.3, 0.4) is 0 Å². The van der Waals surface area contributed by atoms with Gasteiger partial charge in [-0.2, -0.15) is 0 Å². The first kappa shape index (κ1) is 16.4. The summed E-state index contributed by atoms with van der Waals surface area (Å²) < 4.78 is 10.5. The van der Waals surface area contributed by atoms with Gasteiger partial charge in [0.15, 0.2) is 11.6 Å². The van der Waals surface area contributed by atoms with Gasteiger partial charge < -0.3 is 25.8 Å². The van der Waals surface area contributed by atoms with E-state index in [1.807, 2.05) is 48.5 Å². The molecule has 0 atom stereocenters. The van der Waals surface area contributed by atoms with Gasteiger partial charge in [-0.1, -0.05) is 12.1 Å². The lowest BCUT2D eigenvalue weighted by atomic mass is 10.2. The maximum absolute atomic E-state index is 6.21. The highest BCUT2D eigenvalue weighted by molar-refractivity contribution is 5.81. The Kier molecular flexibility index (Phi) is 4.84. The fourth-order valence-corrected chi connectivity index (χ4v) is 2.28. The first-order chi connectivity index (χ1) is 12.2. The van der Waals surface area contributed by atoms with Crippen LogP contribution < -0.4 is 25.8 Å². The predicted octanol–water partition coefficient (Wildman–Crippen LogP) is 3.56. The Balaban J connectivity index is 1.84. The summed E-state index contributed by atoms with van der Waals surface area (Å²) in [5, 5.41) is 6.35. The molecular formula is C18H19N5O2. The van der Waals surface area contributed by atoms with Crippen molar-refractivity contribution >= 4 is 28.7 Å². The maximum atomic E-state index is 6.21. The summed E-state index contributed by atoms with van der Waals surface area (Å²) in [7, 11) is 3.24. The molecular weight excluding hydrogens is 318 g/mol. The van der Waals surface area contributed by atoms with E-state index in [1.165, 1.54) is 6.33 Å². The topological polar surface area (TPSA) is 94.3 Å². The lowest BCUT2D eigenvalue weighted by molar-refractivity contribution is 0.415. The molecule has 128 valence electrons. The number of anilines is 5. The van der Waals surface area contributed by atoms with Crippen molar-refractivity contribution in [3.05, 3.63) is 54.9 Å². The van der Waals surface area contributed by atoms with Gasteiger partial charge in [-0.3, -0.25) is 0 Å². The molecule has 0 spiro atoms. The van der Waals surface area contributed by atoms with Crippen LogP contribution in [0, 0.1) is 0 Å². The van der Waals surface area contributed by atoms with Gasteiger partial charge in [0.2, 0.25) is 0 Å². The Morgan fingerprint density at radius 1 is 0.840 bits per heavy atom. The Morgan fingerprint density at radius 2 is 1.52 bits per heavy atom. The summed E-state index contributed by atoms with van der Waals surface area (Å²) in [5.41, 5.74) is 8.23. The van der Waals surface area contributed by atoms with Crippen molar-refractivity contribution in [3.8, 4) is 11.5 Å². The van der Waals surface area contributed by atoms with Gasteiger partial charge in [0.05, 0.1) is 19.9 Å². The third-order valence-electron chi connectivity index (χ3n) is 3.60. The molecule has 0 unspecified atom stereocenters. The Labute approximate surface area is 145 Å². The monoisotopic (exact) mass is 337 g/mol. The van der Waals surface area contributed by atoms with E-state index in [1.54, 1.807) is 14.2 Å². The van der Waals surface area contributed by atoms with Crippen LogP contribution in [0.4, 0.5) is 28.7 Å². The number of hydrogen-bond acceptors (Lipinski definition) is 7. The molecule has 3 rings (SSSR count). The zero-order chi connectivity index (χ0) is 17.6. The minimum absolute atomic E-state index is 0.407. The number of nitrogen functional groups attached to an aromatic ring is 1. The average Bonchev–Trinajstić information content (AvgIpc) is 2.66. The molecule has 3 aromatic rings. The molecule has 7 nitrogen and oxygen atoms in total. The summed E-state index contributed by atoms with van der Waals surface area (Å²) in [4.78, 5) is 8.43. The lowest BCUT2D eigenvalue weighted by Crippen LogP contribution is -2.05. The van der Waals surface area contributed by atoms with Crippen LogP contribution in [-0.4, -0.2) is 24.2 Å². The number of rotatable bonds is 6. The number of nitrogens with two attached hydrogens (primary N) is 1. The van der Waals surface area contributed by atoms with Gasteiger partial charge in [-0.25, -0.2) is 9.97 Å². The fraction of sp³-hybridized carbons (Fsp3) is 0.111. The normalized spacial score (nSPS) is 10.2. The molecule has 0 fully saturated rings. The molecule has 4 N–H and O–H groups in total. The second kappa shape index (κ2) is 7.39. The number of para-hydroxylation sites is 2. The number of hydrogen-bond donors (Lipinski definition) is 3. The number of methoxy groups -OCH3 is 2. The molecule has 0 aliphatic carbocycles. The molecule has 1 heterocycles. The van der Waals surface area contributed by atoms with Gasteiger partial charge in [0.1, 0.15) is 23.5 Å². The van der Waals surface area contributed by atoms with E-state index in [2.05, 4.69) is 20.6 Å². The van der Waals surface area contributed by atoms with Crippen molar-refractivity contribution in [3.63, 3.8) is 0 Å². The molecule has 0 saturated carbocycles. The molecule has 0 bridgehead atoms. The van der Waals surface area contributed by atoms with Crippen LogP contribution in [0.25, 0.3) is 0 Å². The van der Waals surface area contributed by atoms with E-state index in [0.717, 1.165) is 17.1 Å². The summed E-state index contributed by atoms with van der Waals surface area (Å²) in [6.45, 7) is 0. The first-order valence-corrected chi connectivity index (χ1v) is 7.63. The lowest BCUT2D eigenvalue weighted by Gasteiger charge is -2.14. The van der Waals surface area contributed by atoms with E-state index < -0.39 is 0 Å². The molecule has 25 heavy (non-hydrogen) atoms. The van der Waals surface area contributed by atoms with Crippen molar-refractivity contribution < 1.29 is 9.47 Å². The van der Waals surface area contributed by atoms with Crippen molar-refractivity contribution in [1.29, 1.82) is 0 Å². The highest BCUT2D eigenvalue weighted by Gasteiger charge is 2.11. The second-order valence-electron chi connectivity index (χ2n) is 5.16. The van der Waals surface area contributed by atoms with Gasteiger partial charge in [0, 0.05) is 5.69 Å². The van der Waals surface area contributed by atoms with Gasteiger partial charge in [-0.15, -0.1) is 0 Å². The molecule has 1 aromatic heterocycles. The molecule has 0 aliphatic rings. The van der Waals surface area contributed by atoms with Gasteiger partial charge in [0.25, 0.3) is 0 Å². The highest BCUT2D eigenvalue weighted by atomic mass is 16.5. The quantitative estimate of drug-likeness (QED) is 0.633. The molecule has 0 aliphatic heterocycles. The van der Waals surface area contributed by atoms with Gasteiger partial charge in [-0.05, 0) is 36.4 Å². The van der Waals surface area contributed by atoms with E-state index >= 15 is 0 Å². The third kappa shape index (κ3) is 3.72. The molecule has 0 saturated heterocycles. The zero-order valence-electron chi connectivity index (χ0n) is 14.0. The van der Waals surface area contributed by atoms with Crippen molar-refractivity contribution in [1.82, 2.24) is 9.97 Å². The number of nitrogens with zero attached hydrogens (tertiary/aromatic N) is 2. The molecule has 0 amide bonds. The third-order valence-corrected chi connectivity index (χ3v) is 3.60. The number of ether oxygens (including phenoxy) is 2. The number of benzene rings is 2. The van der Waals surface area contributed by atoms with Crippen LogP contribution in [0.2, 0.25) is 0 Å². The highest BCUT2D eigenvalue weighted by Crippen LogP contribution is 2.32. The van der Waals surface area contributed by atoms with Crippen LogP contribution in [0.1, 0.15) is 0 Å². The largest absolute Gasteiger partial charge is 0.497 e. The smallest absolute Gasteiger partial charge is 0.159 e. The van der Waals surface area contributed by atoms with E-state index in [9.17, 15) is 0 Å². The number of nitrogens with one attached hydrogen (secondary N) is 2. The van der Waals surface area contributed by atoms with E-state index in [0.29, 0.717) is 23.1 Å². The van der Waals surface area contributed by atoms with E-state index in [4.69, 9.17) is 15.2 Å². The average molecular weight is 337 g/mol. The van der Waals surface area contributed by atoms with Crippen LogP contribution in [0.5, 0.6) is 11.5 Å². The standard InChI is InChI=1S/C18H19N5O2/c1-24-13-9-7-12(8-10-13)22-17-16(19)18(21-11-20-17)23-14-5-3-4-6-15(14)25-2/h3-11H,19H2,1-2H3,(H2,20,21,22,23). The SMILES string of the molecule is COc1ccc(Nc2ncnc(Nc3ccccc3OC)c2N)cc1. The minimum Gasteiger partial charge on any atom is -0.497 e. The van der Waals surface area contributed by atoms with Crippen LogP contribution in [0.15, 0.2) is 54.9 Å². The fourth-order valence-electron chi connectivity index (χ4n) is 2.28. The Hall–Kier alpha value is -3.48. The summed E-state index contributed by atoms with van der Waals surface area (Å²) in [6.07, 6.45) is 1.44. The summed E-state index contributed by atoms with van der Waals surface area (Å²) in [6, 6.07) is 15.0. The first-order valence-electron chi connectivity index (χ1n) is 7.63. The van der Waals surface area contributed by atoms with E-state index in [-0.39, 0.29) is 0 Å². The van der Waals surface area contributed by atoms with Crippen LogP contribution >= 0.6 is 0 Å². The zero-order valence-corrected chi connectivity index (χ0v) is 14.0. The molecule has 0 radical (unpaired) electrons. The Bertz CT molecular complexity index is 852. The van der Waals surface area contributed by atoms with Crippen LogP contribution in [-0.2, 0) is 0 Å². The predicted molar refractivity (Wildman–Crippen MR) is 99.0 cm³/mol. The maximum Gasteiger partial charge on any atom is 0.159 e. The molecule has 7 heteroatoms. The Morgan fingerprint density at radius 3 is 2.20 bits per heavy atom. The number of aromatic nitrogens is 2. The van der Waals surface area contributed by atoms with Crippen molar-refractivity contribution in [2.75, 3.05) is 30.6 Å². The van der Waals surface area contributed by atoms with Gasteiger partial charge >= 0.3 is 0 Å². The second-order valence-corrected chi connectivity index (χ2v) is 5.16. The van der Waals surface area contributed by atoms with Crippen molar-refractivity contribution in [2.24, 2.45) is 0 Å². The van der Waals surface area contributed by atoms with Crippen molar-refractivity contribution in [2.45, 2.75) is 0 Å². The minimum atomic E-state index is 0.407. The molecule has 2 aromatic carbocycles. The summed E-state index contributed by atoms with van der Waals surface area (Å²) >= 11 is 0.